The number of hydrogen-bond acceptors (Lipinski definition) is 4. The number of amides is 2. The maximum absolute atomic E-state index is 14.5. The highest BCUT2D eigenvalue weighted by molar-refractivity contribution is 6.30. The van der Waals surface area contributed by atoms with Gasteiger partial charge >= 0.3 is 12.0 Å². The highest BCUT2D eigenvalue weighted by Gasteiger charge is 2.38. The van der Waals surface area contributed by atoms with Crippen LogP contribution >= 0.6 is 11.6 Å². The summed E-state index contributed by atoms with van der Waals surface area (Å²) in [6, 6.07) is 11.2. The van der Waals surface area contributed by atoms with E-state index >= 15 is 0 Å². The minimum atomic E-state index is -1.00. The average Bonchev–Trinajstić information content (AvgIpc) is 2.69. The van der Waals surface area contributed by atoms with Gasteiger partial charge in [0.1, 0.15) is 18.2 Å². The van der Waals surface area contributed by atoms with Gasteiger partial charge in [-0.25, -0.2) is 14.0 Å². The van der Waals surface area contributed by atoms with Crippen LogP contribution in [0.1, 0.15) is 18.5 Å². The first kappa shape index (κ1) is 20.7. The van der Waals surface area contributed by atoms with Gasteiger partial charge in [0.15, 0.2) is 0 Å². The predicted molar refractivity (Wildman–Crippen MR) is 106 cm³/mol. The smallest absolute Gasteiger partial charge is 0.338 e. The number of nitrogens with one attached hydrogen (secondary N) is 1. The Morgan fingerprint density at radius 2 is 2.00 bits per heavy atom. The molecule has 0 saturated carbocycles. The van der Waals surface area contributed by atoms with E-state index in [1.807, 2.05) is 0 Å². The zero-order chi connectivity index (χ0) is 21.0. The topological polar surface area (TPSA) is 67.9 Å². The molecular formula is C21H20ClFN2O4. The Kier molecular flexibility index (Phi) is 6.39. The Morgan fingerprint density at radius 3 is 2.69 bits per heavy atom. The fraction of sp³-hybridized carbons (Fsp3) is 0.238. The standard InChI is InChI=1S/C21H20ClFN2O4/c1-3-28-20(26)18-17(12-29-14-8-6-7-13(22)11-14)25(2)21(27)24-19(18)15-9-4-5-10-16(15)23/h4-11,19H,3,12H2,1-2H3,(H,24,27). The summed E-state index contributed by atoms with van der Waals surface area (Å²) >= 11 is 5.98. The van der Waals surface area contributed by atoms with Gasteiger partial charge in [0.2, 0.25) is 0 Å². The second kappa shape index (κ2) is 8.96. The molecule has 0 spiro atoms. The third kappa shape index (κ3) is 4.51. The molecule has 0 fully saturated rings. The van der Waals surface area contributed by atoms with Crippen molar-refractivity contribution in [2.75, 3.05) is 20.3 Å². The van der Waals surface area contributed by atoms with E-state index in [2.05, 4.69) is 5.32 Å². The highest BCUT2D eigenvalue weighted by Crippen LogP contribution is 2.32. The molecule has 0 saturated heterocycles. The van der Waals surface area contributed by atoms with Crippen molar-refractivity contribution in [1.29, 1.82) is 0 Å². The zero-order valence-corrected chi connectivity index (χ0v) is 16.7. The number of carbonyl (C=O) groups excluding carboxylic acids is 2. The number of likely N-dealkylation sites (N-methyl/N-ethyl adjacent to an activating group) is 1. The van der Waals surface area contributed by atoms with E-state index in [1.165, 1.54) is 30.1 Å². The van der Waals surface area contributed by atoms with Crippen LogP contribution < -0.4 is 10.1 Å². The Hall–Kier alpha value is -3.06. The zero-order valence-electron chi connectivity index (χ0n) is 15.9. The Bertz CT molecular complexity index is 963. The summed E-state index contributed by atoms with van der Waals surface area (Å²) in [7, 11) is 1.50. The van der Waals surface area contributed by atoms with Gasteiger partial charge in [-0.15, -0.1) is 0 Å². The maximum Gasteiger partial charge on any atom is 0.338 e. The normalized spacial score (nSPS) is 16.5. The molecule has 1 N–H and O–H groups in total. The van der Waals surface area contributed by atoms with E-state index in [0.29, 0.717) is 10.8 Å². The number of carbonyl (C=O) groups is 2. The van der Waals surface area contributed by atoms with Gasteiger partial charge in [0.05, 0.1) is 23.9 Å². The summed E-state index contributed by atoms with van der Waals surface area (Å²) in [6.07, 6.45) is 0. The molecule has 1 unspecified atom stereocenters. The van der Waals surface area contributed by atoms with Crippen molar-refractivity contribution in [2.45, 2.75) is 13.0 Å². The van der Waals surface area contributed by atoms with Gasteiger partial charge < -0.3 is 14.8 Å². The summed E-state index contributed by atoms with van der Waals surface area (Å²) in [6.45, 7) is 1.69. The SMILES string of the molecule is CCOC(=O)C1=C(COc2cccc(Cl)c2)N(C)C(=O)NC1c1ccccc1F. The molecule has 0 aliphatic carbocycles. The van der Waals surface area contributed by atoms with Gasteiger partial charge in [-0.2, -0.15) is 0 Å². The summed E-state index contributed by atoms with van der Waals surface area (Å²) in [4.78, 5) is 26.5. The summed E-state index contributed by atoms with van der Waals surface area (Å²) in [5.41, 5.74) is 0.554. The molecule has 1 atom stereocenters. The number of benzene rings is 2. The van der Waals surface area contributed by atoms with E-state index in [-0.39, 0.29) is 30.0 Å². The van der Waals surface area contributed by atoms with Gasteiger partial charge in [-0.05, 0) is 31.2 Å². The molecule has 1 aliphatic rings. The molecule has 152 valence electrons. The lowest BCUT2D eigenvalue weighted by Crippen LogP contribution is -2.48. The second-order valence-corrected chi connectivity index (χ2v) is 6.73. The van der Waals surface area contributed by atoms with E-state index in [4.69, 9.17) is 21.1 Å². The van der Waals surface area contributed by atoms with Crippen molar-refractivity contribution in [3.05, 3.63) is 76.2 Å². The highest BCUT2D eigenvalue weighted by atomic mass is 35.5. The lowest BCUT2D eigenvalue weighted by atomic mass is 9.94. The molecule has 2 aromatic rings. The Balaban J connectivity index is 2.05. The first-order chi connectivity index (χ1) is 13.9. The molecule has 1 heterocycles. The number of halogens is 2. The third-order valence-corrected chi connectivity index (χ3v) is 4.70. The molecule has 6 nitrogen and oxygen atoms in total. The van der Waals surface area contributed by atoms with Crippen molar-refractivity contribution in [1.82, 2.24) is 10.2 Å². The number of ether oxygens (including phenoxy) is 2. The molecule has 0 bridgehead atoms. The summed E-state index contributed by atoms with van der Waals surface area (Å²) in [5.74, 6) is -0.730. The van der Waals surface area contributed by atoms with Crippen molar-refractivity contribution >= 4 is 23.6 Å². The van der Waals surface area contributed by atoms with Gasteiger partial charge in [-0.1, -0.05) is 35.9 Å². The quantitative estimate of drug-likeness (QED) is 0.718. The molecule has 2 amide bonds. The molecule has 1 aliphatic heterocycles. The summed E-state index contributed by atoms with van der Waals surface area (Å²) in [5, 5.41) is 3.15. The van der Waals surface area contributed by atoms with Crippen LogP contribution in [0.3, 0.4) is 0 Å². The van der Waals surface area contributed by atoms with Crippen molar-refractivity contribution in [2.24, 2.45) is 0 Å². The van der Waals surface area contributed by atoms with Crippen LogP contribution in [0.25, 0.3) is 0 Å². The minimum Gasteiger partial charge on any atom is -0.487 e. The molecule has 0 aromatic heterocycles. The van der Waals surface area contributed by atoms with Crippen molar-refractivity contribution < 1.29 is 23.5 Å². The third-order valence-electron chi connectivity index (χ3n) is 4.46. The van der Waals surface area contributed by atoms with Crippen LogP contribution in [0.4, 0.5) is 9.18 Å². The Morgan fingerprint density at radius 1 is 1.24 bits per heavy atom. The minimum absolute atomic E-state index is 0.108. The molecule has 0 radical (unpaired) electrons. The van der Waals surface area contributed by atoms with Gasteiger partial charge in [-0.3, -0.25) is 4.90 Å². The fourth-order valence-electron chi connectivity index (χ4n) is 3.03. The van der Waals surface area contributed by atoms with E-state index in [0.717, 1.165) is 0 Å². The molecule has 8 heteroatoms. The number of esters is 1. The number of hydrogen-bond donors (Lipinski definition) is 1. The number of urea groups is 1. The lowest BCUT2D eigenvalue weighted by molar-refractivity contribution is -0.139. The number of nitrogens with zero attached hydrogens (tertiary/aromatic N) is 1. The Labute approximate surface area is 172 Å². The molecular weight excluding hydrogens is 399 g/mol. The van der Waals surface area contributed by atoms with E-state index < -0.39 is 23.9 Å². The van der Waals surface area contributed by atoms with Crippen LogP contribution in [0, 0.1) is 5.82 Å². The average molecular weight is 419 g/mol. The maximum atomic E-state index is 14.5. The predicted octanol–water partition coefficient (Wildman–Crippen LogP) is 4.07. The fourth-order valence-corrected chi connectivity index (χ4v) is 3.21. The van der Waals surface area contributed by atoms with Crippen LogP contribution in [0.5, 0.6) is 5.75 Å². The van der Waals surface area contributed by atoms with Crippen LogP contribution in [-0.4, -0.2) is 37.2 Å². The lowest BCUT2D eigenvalue weighted by Gasteiger charge is -2.34. The van der Waals surface area contributed by atoms with Crippen molar-refractivity contribution in [3.63, 3.8) is 0 Å². The monoisotopic (exact) mass is 418 g/mol. The first-order valence-electron chi connectivity index (χ1n) is 8.99. The molecule has 3 rings (SSSR count). The molecule has 29 heavy (non-hydrogen) atoms. The summed E-state index contributed by atoms with van der Waals surface area (Å²) < 4.78 is 25.4. The van der Waals surface area contributed by atoms with E-state index in [9.17, 15) is 14.0 Å². The number of rotatable bonds is 6. The van der Waals surface area contributed by atoms with Crippen molar-refractivity contribution in [3.8, 4) is 5.75 Å². The van der Waals surface area contributed by atoms with Gasteiger partial charge in [0.25, 0.3) is 0 Å². The largest absolute Gasteiger partial charge is 0.487 e. The van der Waals surface area contributed by atoms with E-state index in [1.54, 1.807) is 37.3 Å². The molecule has 2 aromatic carbocycles. The first-order valence-corrected chi connectivity index (χ1v) is 9.37. The van der Waals surface area contributed by atoms with Crippen LogP contribution in [-0.2, 0) is 9.53 Å². The second-order valence-electron chi connectivity index (χ2n) is 6.29. The van der Waals surface area contributed by atoms with Crippen LogP contribution in [0.15, 0.2) is 59.8 Å². The van der Waals surface area contributed by atoms with Crippen LogP contribution in [0.2, 0.25) is 5.02 Å². The van der Waals surface area contributed by atoms with Gasteiger partial charge in [0, 0.05) is 17.6 Å².